The third-order valence-corrected chi connectivity index (χ3v) is 1.95. The zero-order valence-corrected chi connectivity index (χ0v) is 7.70. The Morgan fingerprint density at radius 2 is 2.31 bits per heavy atom. The summed E-state index contributed by atoms with van der Waals surface area (Å²) in [5, 5.41) is 8.50. The van der Waals surface area contributed by atoms with Gasteiger partial charge in [0.25, 0.3) is 0 Å². The molecule has 0 fully saturated rings. The lowest BCUT2D eigenvalue weighted by molar-refractivity contribution is -0.137. The van der Waals surface area contributed by atoms with E-state index in [0.29, 0.717) is 5.76 Å². The molecule has 4 heteroatoms. The van der Waals surface area contributed by atoms with Crippen molar-refractivity contribution in [2.24, 2.45) is 5.73 Å². The number of carboxylic acid groups (broad SMARTS) is 1. The second-order valence-corrected chi connectivity index (χ2v) is 3.09. The van der Waals surface area contributed by atoms with Gasteiger partial charge >= 0.3 is 5.97 Å². The minimum atomic E-state index is -0.917. The van der Waals surface area contributed by atoms with Crippen molar-refractivity contribution in [2.75, 3.05) is 0 Å². The fourth-order valence-electron chi connectivity index (χ4n) is 1.07. The maximum absolute atomic E-state index is 10.4. The first kappa shape index (κ1) is 9.80. The van der Waals surface area contributed by atoms with Crippen LogP contribution in [0, 0.1) is 13.8 Å². The summed E-state index contributed by atoms with van der Waals surface area (Å²) in [5.74, 6) is 0.410. The number of aliphatic carboxylic acids is 1. The lowest BCUT2D eigenvalue weighted by Gasteiger charge is -2.03. The molecule has 1 atom stereocenters. The summed E-state index contributed by atoms with van der Waals surface area (Å²) in [6.07, 6.45) is -0.105. The zero-order chi connectivity index (χ0) is 10.0. The Morgan fingerprint density at radius 1 is 1.69 bits per heavy atom. The quantitative estimate of drug-likeness (QED) is 0.742. The average Bonchev–Trinajstić information content (AvgIpc) is 2.31. The van der Waals surface area contributed by atoms with Crippen LogP contribution in [-0.2, 0) is 4.79 Å². The molecule has 0 saturated carbocycles. The van der Waals surface area contributed by atoms with E-state index in [0.717, 1.165) is 11.3 Å². The molecule has 0 unspecified atom stereocenters. The van der Waals surface area contributed by atoms with Crippen LogP contribution >= 0.6 is 0 Å². The number of furan rings is 1. The van der Waals surface area contributed by atoms with Crippen molar-refractivity contribution in [3.63, 3.8) is 0 Å². The van der Waals surface area contributed by atoms with Gasteiger partial charge in [-0.2, -0.15) is 0 Å². The number of rotatable bonds is 3. The van der Waals surface area contributed by atoms with Crippen molar-refractivity contribution in [2.45, 2.75) is 26.3 Å². The largest absolute Gasteiger partial charge is 0.481 e. The van der Waals surface area contributed by atoms with Gasteiger partial charge in [0.1, 0.15) is 11.5 Å². The second-order valence-electron chi connectivity index (χ2n) is 3.09. The molecule has 0 amide bonds. The molecular formula is C9H13NO3. The minimum Gasteiger partial charge on any atom is -0.481 e. The SMILES string of the molecule is Cc1cc([C@@H](N)CC(=O)O)oc1C. The van der Waals surface area contributed by atoms with Gasteiger partial charge < -0.3 is 15.3 Å². The molecule has 1 heterocycles. The van der Waals surface area contributed by atoms with Gasteiger partial charge in [-0.05, 0) is 25.5 Å². The van der Waals surface area contributed by atoms with E-state index in [1.165, 1.54) is 0 Å². The van der Waals surface area contributed by atoms with E-state index in [-0.39, 0.29) is 6.42 Å². The number of nitrogens with two attached hydrogens (primary N) is 1. The Morgan fingerprint density at radius 3 is 2.69 bits per heavy atom. The van der Waals surface area contributed by atoms with Crippen molar-refractivity contribution in [1.29, 1.82) is 0 Å². The number of carboxylic acids is 1. The molecule has 0 aromatic carbocycles. The predicted molar refractivity (Wildman–Crippen MR) is 47.4 cm³/mol. The molecule has 0 aliphatic rings. The minimum absolute atomic E-state index is 0.105. The Bertz CT molecular complexity index is 297. The third kappa shape index (κ3) is 2.32. The molecule has 0 spiro atoms. The van der Waals surface area contributed by atoms with E-state index in [4.69, 9.17) is 15.3 Å². The monoisotopic (exact) mass is 183 g/mol. The molecule has 3 N–H and O–H groups in total. The number of hydrogen-bond donors (Lipinski definition) is 2. The molecule has 72 valence electrons. The highest BCUT2D eigenvalue weighted by Gasteiger charge is 2.15. The fraction of sp³-hybridized carbons (Fsp3) is 0.444. The van der Waals surface area contributed by atoms with Gasteiger partial charge in [0.05, 0.1) is 12.5 Å². The average molecular weight is 183 g/mol. The van der Waals surface area contributed by atoms with Crippen LogP contribution in [-0.4, -0.2) is 11.1 Å². The summed E-state index contributed by atoms with van der Waals surface area (Å²) in [7, 11) is 0. The van der Waals surface area contributed by atoms with Gasteiger partial charge in [-0.15, -0.1) is 0 Å². The normalized spacial score (nSPS) is 12.8. The van der Waals surface area contributed by atoms with Crippen LogP contribution < -0.4 is 5.73 Å². The molecular weight excluding hydrogens is 170 g/mol. The first-order valence-corrected chi connectivity index (χ1v) is 4.05. The highest BCUT2D eigenvalue weighted by Crippen LogP contribution is 2.20. The van der Waals surface area contributed by atoms with Gasteiger partial charge in [-0.3, -0.25) is 4.79 Å². The van der Waals surface area contributed by atoms with Crippen LogP contribution in [0.3, 0.4) is 0 Å². The lowest BCUT2D eigenvalue weighted by atomic mass is 10.1. The maximum Gasteiger partial charge on any atom is 0.305 e. The van der Waals surface area contributed by atoms with Crippen LogP contribution in [0.25, 0.3) is 0 Å². The molecule has 1 rings (SSSR count). The van der Waals surface area contributed by atoms with Crippen molar-refractivity contribution < 1.29 is 14.3 Å². The number of aryl methyl sites for hydroxylation is 2. The van der Waals surface area contributed by atoms with Gasteiger partial charge in [0.15, 0.2) is 0 Å². The Hall–Kier alpha value is -1.29. The van der Waals surface area contributed by atoms with E-state index in [9.17, 15) is 4.79 Å². The Balaban J connectivity index is 2.77. The second kappa shape index (κ2) is 3.62. The Labute approximate surface area is 76.3 Å². The molecule has 0 bridgehead atoms. The highest BCUT2D eigenvalue weighted by molar-refractivity contribution is 5.67. The fourth-order valence-corrected chi connectivity index (χ4v) is 1.07. The van der Waals surface area contributed by atoms with Crippen molar-refractivity contribution in [3.8, 4) is 0 Å². The first-order valence-electron chi connectivity index (χ1n) is 4.05. The van der Waals surface area contributed by atoms with Gasteiger partial charge in [0.2, 0.25) is 0 Å². The molecule has 1 aromatic heterocycles. The standard InChI is InChI=1S/C9H13NO3/c1-5-3-8(13-6(5)2)7(10)4-9(11)12/h3,7H,4,10H2,1-2H3,(H,11,12)/t7-/m0/s1. The Kier molecular flexibility index (Phi) is 2.72. The van der Waals surface area contributed by atoms with E-state index in [1.54, 1.807) is 6.07 Å². The summed E-state index contributed by atoms with van der Waals surface area (Å²) < 4.78 is 5.29. The van der Waals surface area contributed by atoms with Crippen LogP contribution in [0.1, 0.15) is 29.5 Å². The molecule has 1 aromatic rings. The topological polar surface area (TPSA) is 76.5 Å². The molecule has 0 aliphatic carbocycles. The zero-order valence-electron chi connectivity index (χ0n) is 7.70. The molecule has 0 aliphatic heterocycles. The molecule has 0 radical (unpaired) electrons. The summed E-state index contributed by atoms with van der Waals surface area (Å²) in [6, 6.07) is 1.23. The first-order chi connectivity index (χ1) is 6.00. The van der Waals surface area contributed by atoms with Gasteiger partial charge in [-0.25, -0.2) is 0 Å². The summed E-state index contributed by atoms with van der Waals surface area (Å²) in [4.78, 5) is 10.4. The molecule has 4 nitrogen and oxygen atoms in total. The summed E-state index contributed by atoms with van der Waals surface area (Å²) in [5.41, 5.74) is 6.60. The van der Waals surface area contributed by atoms with Crippen molar-refractivity contribution >= 4 is 5.97 Å². The highest BCUT2D eigenvalue weighted by atomic mass is 16.4. The van der Waals surface area contributed by atoms with E-state index in [2.05, 4.69) is 0 Å². The van der Waals surface area contributed by atoms with E-state index >= 15 is 0 Å². The maximum atomic E-state index is 10.4. The van der Waals surface area contributed by atoms with Gasteiger partial charge in [0, 0.05) is 0 Å². The summed E-state index contributed by atoms with van der Waals surface area (Å²) in [6.45, 7) is 3.72. The molecule has 0 saturated heterocycles. The summed E-state index contributed by atoms with van der Waals surface area (Å²) >= 11 is 0. The van der Waals surface area contributed by atoms with E-state index in [1.807, 2.05) is 13.8 Å². The smallest absolute Gasteiger partial charge is 0.305 e. The van der Waals surface area contributed by atoms with Crippen LogP contribution in [0.2, 0.25) is 0 Å². The van der Waals surface area contributed by atoms with Crippen molar-refractivity contribution in [3.05, 3.63) is 23.2 Å². The number of carbonyl (C=O) groups is 1. The van der Waals surface area contributed by atoms with Gasteiger partial charge in [-0.1, -0.05) is 0 Å². The van der Waals surface area contributed by atoms with Crippen LogP contribution in [0.5, 0.6) is 0 Å². The lowest BCUT2D eigenvalue weighted by Crippen LogP contribution is -2.14. The van der Waals surface area contributed by atoms with E-state index < -0.39 is 12.0 Å². The van der Waals surface area contributed by atoms with Crippen molar-refractivity contribution in [1.82, 2.24) is 0 Å². The van der Waals surface area contributed by atoms with Crippen LogP contribution in [0.15, 0.2) is 10.5 Å². The number of hydrogen-bond acceptors (Lipinski definition) is 3. The third-order valence-electron chi connectivity index (χ3n) is 1.95. The molecule has 13 heavy (non-hydrogen) atoms. The predicted octanol–water partition coefficient (Wildman–Crippen LogP) is 1.37. The van der Waals surface area contributed by atoms with Crippen LogP contribution in [0.4, 0.5) is 0 Å².